The Kier molecular flexibility index (Phi) is 3.03. The Balaban J connectivity index is 2.26. The van der Waals surface area contributed by atoms with Gasteiger partial charge in [-0.05, 0) is 17.5 Å². The van der Waals surface area contributed by atoms with Gasteiger partial charge in [-0.3, -0.25) is 0 Å². The van der Waals surface area contributed by atoms with Crippen LogP contribution >= 0.6 is 22.9 Å². The van der Waals surface area contributed by atoms with Crippen LogP contribution in [0.15, 0.2) is 29.8 Å². The molecule has 3 aromatic rings. The molecular formula is C12H11ClN4S. The van der Waals surface area contributed by atoms with Gasteiger partial charge in [-0.1, -0.05) is 17.7 Å². The Bertz CT molecular complexity index is 675. The molecule has 4 nitrogen and oxygen atoms in total. The summed E-state index contributed by atoms with van der Waals surface area (Å²) in [5.74, 6) is 0.903. The first-order valence-corrected chi connectivity index (χ1v) is 6.81. The van der Waals surface area contributed by atoms with Crippen molar-refractivity contribution in [3.63, 3.8) is 0 Å². The summed E-state index contributed by atoms with van der Waals surface area (Å²) in [4.78, 5) is 10.1. The van der Waals surface area contributed by atoms with Gasteiger partial charge in [0, 0.05) is 19.3 Å². The van der Waals surface area contributed by atoms with E-state index >= 15 is 0 Å². The highest BCUT2D eigenvalue weighted by Gasteiger charge is 2.14. The van der Waals surface area contributed by atoms with E-state index in [9.17, 15) is 0 Å². The first-order chi connectivity index (χ1) is 8.79. The lowest BCUT2D eigenvalue weighted by atomic mass is 10.4. The number of fused-ring (bicyclic) bond motifs is 1. The number of hydrogen-bond acceptors (Lipinski definition) is 4. The standard InChI is InChI=1S/C12H11ClN4S/c13-8-6-9-11(15-7-8)17(4-3-14)12(16-9)10-2-1-5-18-10/h1-2,5-7H,3-4,14H2. The predicted molar refractivity (Wildman–Crippen MR) is 74.9 cm³/mol. The lowest BCUT2D eigenvalue weighted by Crippen LogP contribution is -2.11. The topological polar surface area (TPSA) is 56.7 Å². The van der Waals surface area contributed by atoms with Crippen molar-refractivity contribution < 1.29 is 0 Å². The van der Waals surface area contributed by atoms with Gasteiger partial charge in [0.2, 0.25) is 0 Å². The second kappa shape index (κ2) is 4.68. The maximum Gasteiger partial charge on any atom is 0.160 e. The average molecular weight is 279 g/mol. The molecule has 0 unspecified atom stereocenters. The van der Waals surface area contributed by atoms with Crippen LogP contribution < -0.4 is 5.73 Å². The molecule has 0 saturated carbocycles. The summed E-state index contributed by atoms with van der Waals surface area (Å²) in [7, 11) is 0. The summed E-state index contributed by atoms with van der Waals surface area (Å²) < 4.78 is 2.04. The molecule has 0 aromatic carbocycles. The quantitative estimate of drug-likeness (QED) is 0.801. The Morgan fingerprint density at radius 2 is 2.33 bits per heavy atom. The molecule has 0 aliphatic heterocycles. The molecule has 3 aromatic heterocycles. The van der Waals surface area contributed by atoms with Gasteiger partial charge in [-0.25, -0.2) is 9.97 Å². The predicted octanol–water partition coefficient (Wildman–Crippen LogP) is 2.77. The highest BCUT2D eigenvalue weighted by molar-refractivity contribution is 7.13. The molecule has 0 amide bonds. The summed E-state index contributed by atoms with van der Waals surface area (Å²) >= 11 is 7.60. The molecule has 0 fully saturated rings. The summed E-state index contributed by atoms with van der Waals surface area (Å²) in [6, 6.07) is 5.88. The molecule has 3 heterocycles. The van der Waals surface area contributed by atoms with Crippen LogP contribution in [-0.2, 0) is 6.54 Å². The molecule has 0 saturated heterocycles. The minimum atomic E-state index is 0.550. The zero-order valence-corrected chi connectivity index (χ0v) is 11.1. The van der Waals surface area contributed by atoms with E-state index in [-0.39, 0.29) is 0 Å². The van der Waals surface area contributed by atoms with Gasteiger partial charge >= 0.3 is 0 Å². The summed E-state index contributed by atoms with van der Waals surface area (Å²) in [5.41, 5.74) is 7.30. The van der Waals surface area contributed by atoms with Gasteiger partial charge in [0.05, 0.1) is 9.90 Å². The summed E-state index contributed by atoms with van der Waals surface area (Å²) in [6.07, 6.45) is 1.64. The number of aromatic nitrogens is 3. The number of rotatable bonds is 3. The highest BCUT2D eigenvalue weighted by Crippen LogP contribution is 2.28. The minimum absolute atomic E-state index is 0.550. The molecule has 18 heavy (non-hydrogen) atoms. The third-order valence-corrected chi connectivity index (χ3v) is 3.72. The van der Waals surface area contributed by atoms with E-state index in [0.717, 1.165) is 21.9 Å². The average Bonchev–Trinajstić information content (AvgIpc) is 2.97. The number of nitrogens with two attached hydrogens (primary N) is 1. The van der Waals surface area contributed by atoms with E-state index in [1.165, 1.54) is 0 Å². The Hall–Kier alpha value is -1.43. The van der Waals surface area contributed by atoms with Crippen LogP contribution in [0.4, 0.5) is 0 Å². The lowest BCUT2D eigenvalue weighted by Gasteiger charge is -2.04. The van der Waals surface area contributed by atoms with Crippen LogP contribution in [-0.4, -0.2) is 21.1 Å². The van der Waals surface area contributed by atoms with E-state index in [0.29, 0.717) is 18.1 Å². The molecule has 3 rings (SSSR count). The van der Waals surface area contributed by atoms with E-state index in [1.807, 2.05) is 28.1 Å². The number of thiophene rings is 1. The largest absolute Gasteiger partial charge is 0.329 e. The third kappa shape index (κ3) is 1.90. The van der Waals surface area contributed by atoms with E-state index in [1.54, 1.807) is 17.5 Å². The van der Waals surface area contributed by atoms with Gasteiger partial charge in [-0.2, -0.15) is 0 Å². The smallest absolute Gasteiger partial charge is 0.160 e. The fraction of sp³-hybridized carbons (Fsp3) is 0.167. The van der Waals surface area contributed by atoms with Crippen LogP contribution in [0.5, 0.6) is 0 Å². The van der Waals surface area contributed by atoms with Crippen molar-refractivity contribution in [2.24, 2.45) is 5.73 Å². The zero-order valence-electron chi connectivity index (χ0n) is 9.51. The Morgan fingerprint density at radius 1 is 1.44 bits per heavy atom. The molecule has 2 N–H and O–H groups in total. The minimum Gasteiger partial charge on any atom is -0.329 e. The second-order valence-electron chi connectivity index (χ2n) is 3.85. The van der Waals surface area contributed by atoms with Gasteiger partial charge in [0.1, 0.15) is 5.52 Å². The van der Waals surface area contributed by atoms with E-state index in [4.69, 9.17) is 17.3 Å². The van der Waals surface area contributed by atoms with Gasteiger partial charge in [0.15, 0.2) is 11.5 Å². The zero-order chi connectivity index (χ0) is 12.5. The molecule has 0 aliphatic rings. The van der Waals surface area contributed by atoms with Gasteiger partial charge < -0.3 is 10.3 Å². The highest BCUT2D eigenvalue weighted by atomic mass is 35.5. The molecule has 6 heteroatoms. The molecule has 0 radical (unpaired) electrons. The van der Waals surface area contributed by atoms with Gasteiger partial charge in [-0.15, -0.1) is 11.3 Å². The first-order valence-electron chi connectivity index (χ1n) is 5.55. The maximum absolute atomic E-state index is 5.95. The second-order valence-corrected chi connectivity index (χ2v) is 5.23. The lowest BCUT2D eigenvalue weighted by molar-refractivity contribution is 0.730. The number of hydrogen-bond donors (Lipinski definition) is 1. The fourth-order valence-corrected chi connectivity index (χ4v) is 2.80. The number of pyridine rings is 1. The first kappa shape index (κ1) is 11.6. The molecular weight excluding hydrogens is 268 g/mol. The van der Waals surface area contributed by atoms with Crippen molar-refractivity contribution in [3.05, 3.63) is 34.8 Å². The molecule has 0 bridgehead atoms. The van der Waals surface area contributed by atoms with Crippen LogP contribution in [0.3, 0.4) is 0 Å². The number of imidazole rings is 1. The Labute approximate surface area is 113 Å². The van der Waals surface area contributed by atoms with Crippen molar-refractivity contribution in [2.75, 3.05) is 6.54 Å². The van der Waals surface area contributed by atoms with Crippen molar-refractivity contribution in [3.8, 4) is 10.7 Å². The Morgan fingerprint density at radius 3 is 3.06 bits per heavy atom. The van der Waals surface area contributed by atoms with Crippen LogP contribution in [0.2, 0.25) is 5.02 Å². The monoisotopic (exact) mass is 278 g/mol. The van der Waals surface area contributed by atoms with E-state index in [2.05, 4.69) is 9.97 Å². The molecule has 0 atom stereocenters. The van der Waals surface area contributed by atoms with Gasteiger partial charge in [0.25, 0.3) is 0 Å². The van der Waals surface area contributed by atoms with Crippen LogP contribution in [0.25, 0.3) is 21.9 Å². The van der Waals surface area contributed by atoms with Crippen molar-refractivity contribution in [2.45, 2.75) is 6.54 Å². The maximum atomic E-state index is 5.95. The normalized spacial score (nSPS) is 11.2. The summed E-state index contributed by atoms with van der Waals surface area (Å²) in [6.45, 7) is 1.24. The van der Waals surface area contributed by atoms with Crippen molar-refractivity contribution in [1.82, 2.24) is 14.5 Å². The van der Waals surface area contributed by atoms with Crippen LogP contribution in [0.1, 0.15) is 0 Å². The van der Waals surface area contributed by atoms with Crippen molar-refractivity contribution >= 4 is 34.1 Å². The van der Waals surface area contributed by atoms with Crippen molar-refractivity contribution in [1.29, 1.82) is 0 Å². The summed E-state index contributed by atoms with van der Waals surface area (Å²) in [5, 5.41) is 2.62. The fourth-order valence-electron chi connectivity index (χ4n) is 1.92. The number of halogens is 1. The molecule has 0 aliphatic carbocycles. The van der Waals surface area contributed by atoms with E-state index < -0.39 is 0 Å². The third-order valence-electron chi connectivity index (χ3n) is 2.65. The molecule has 92 valence electrons. The SMILES string of the molecule is NCCn1c(-c2cccs2)nc2cc(Cl)cnc21. The number of nitrogens with zero attached hydrogens (tertiary/aromatic N) is 3. The molecule has 0 spiro atoms. The van der Waals surface area contributed by atoms with Crippen LogP contribution in [0, 0.1) is 0 Å².